The van der Waals surface area contributed by atoms with Crippen LogP contribution in [0.1, 0.15) is 32.9 Å². The van der Waals surface area contributed by atoms with Gasteiger partial charge in [0.05, 0.1) is 9.88 Å². The summed E-state index contributed by atoms with van der Waals surface area (Å²) in [6, 6.07) is 3.71. The number of rotatable bonds is 9. The first-order chi connectivity index (χ1) is 12.2. The number of hydrogen-bond acceptors (Lipinski definition) is 5. The number of thiazole rings is 1. The summed E-state index contributed by atoms with van der Waals surface area (Å²) >= 11 is 3.22. The second-order valence-electron chi connectivity index (χ2n) is 5.34. The van der Waals surface area contributed by atoms with E-state index in [1.54, 1.807) is 18.4 Å². The lowest BCUT2D eigenvalue weighted by Crippen LogP contribution is -2.39. The Bertz CT molecular complexity index is 673. The van der Waals surface area contributed by atoms with E-state index in [1.807, 2.05) is 23.7 Å². The standard InChI is InChI=1S/C17H25N5OS2.HI/c1-3-13-12-22-15(25-13)7-10-21-17(18-2)20-9-5-8-19-16(23)14-6-4-11-24-14;/h4,6,11-12H,3,5,7-10H2,1-2H3,(H,19,23)(H2,18,20,21);1H. The molecule has 144 valence electrons. The first-order valence-corrected chi connectivity index (χ1v) is 10.1. The summed E-state index contributed by atoms with van der Waals surface area (Å²) in [5, 5.41) is 12.5. The Labute approximate surface area is 179 Å². The van der Waals surface area contributed by atoms with Crippen LogP contribution in [0, 0.1) is 0 Å². The SMILES string of the molecule is CCc1cnc(CCNC(=NC)NCCCNC(=O)c2cccs2)s1.I. The lowest BCUT2D eigenvalue weighted by Gasteiger charge is -2.11. The predicted molar refractivity (Wildman–Crippen MR) is 121 cm³/mol. The van der Waals surface area contributed by atoms with Crippen molar-refractivity contribution in [3.63, 3.8) is 0 Å². The maximum atomic E-state index is 11.8. The van der Waals surface area contributed by atoms with Crippen molar-refractivity contribution in [3.05, 3.63) is 38.5 Å². The van der Waals surface area contributed by atoms with E-state index in [2.05, 4.69) is 32.9 Å². The molecule has 6 nitrogen and oxygen atoms in total. The molecule has 0 spiro atoms. The number of nitrogens with zero attached hydrogens (tertiary/aromatic N) is 2. The van der Waals surface area contributed by atoms with Gasteiger partial charge in [-0.05, 0) is 24.3 Å². The highest BCUT2D eigenvalue weighted by molar-refractivity contribution is 14.0. The lowest BCUT2D eigenvalue weighted by atomic mass is 10.4. The fourth-order valence-corrected chi connectivity index (χ4v) is 3.63. The number of halogens is 1. The van der Waals surface area contributed by atoms with Crippen LogP contribution in [0.2, 0.25) is 0 Å². The maximum Gasteiger partial charge on any atom is 0.261 e. The van der Waals surface area contributed by atoms with Gasteiger partial charge in [-0.3, -0.25) is 9.79 Å². The Hall–Kier alpha value is -1.20. The largest absolute Gasteiger partial charge is 0.356 e. The molecule has 26 heavy (non-hydrogen) atoms. The molecule has 2 aromatic heterocycles. The van der Waals surface area contributed by atoms with Gasteiger partial charge in [-0.2, -0.15) is 0 Å². The van der Waals surface area contributed by atoms with Gasteiger partial charge in [0, 0.05) is 44.2 Å². The molecule has 0 aliphatic heterocycles. The Kier molecular flexibility index (Phi) is 11.5. The van der Waals surface area contributed by atoms with E-state index in [-0.39, 0.29) is 29.9 Å². The monoisotopic (exact) mass is 507 g/mol. The number of nitrogens with one attached hydrogen (secondary N) is 3. The van der Waals surface area contributed by atoms with Crippen LogP contribution in [0.3, 0.4) is 0 Å². The summed E-state index contributed by atoms with van der Waals surface area (Å²) in [6.45, 7) is 4.33. The molecule has 9 heteroatoms. The highest BCUT2D eigenvalue weighted by Crippen LogP contribution is 2.13. The van der Waals surface area contributed by atoms with E-state index >= 15 is 0 Å². The fourth-order valence-electron chi connectivity index (χ4n) is 2.13. The number of guanidine groups is 1. The summed E-state index contributed by atoms with van der Waals surface area (Å²) in [5.74, 6) is 0.768. The molecule has 0 fully saturated rings. The van der Waals surface area contributed by atoms with E-state index in [4.69, 9.17) is 0 Å². The zero-order chi connectivity index (χ0) is 17.9. The summed E-state index contributed by atoms with van der Waals surface area (Å²) < 4.78 is 0. The Morgan fingerprint density at radius 1 is 1.23 bits per heavy atom. The van der Waals surface area contributed by atoms with E-state index in [1.165, 1.54) is 16.2 Å². The number of amides is 1. The second-order valence-corrected chi connectivity index (χ2v) is 7.48. The zero-order valence-corrected chi connectivity index (χ0v) is 19.0. The Balaban J connectivity index is 0.00000338. The minimum absolute atomic E-state index is 0. The van der Waals surface area contributed by atoms with E-state index in [0.29, 0.717) is 6.54 Å². The molecule has 0 saturated heterocycles. The molecule has 0 bridgehead atoms. The number of aryl methyl sites for hydroxylation is 1. The van der Waals surface area contributed by atoms with Crippen molar-refractivity contribution in [2.24, 2.45) is 4.99 Å². The number of hydrogen-bond donors (Lipinski definition) is 3. The molecular weight excluding hydrogens is 481 g/mol. The minimum Gasteiger partial charge on any atom is -0.356 e. The number of thiophene rings is 1. The highest BCUT2D eigenvalue weighted by Gasteiger charge is 2.05. The molecule has 0 aromatic carbocycles. The first-order valence-electron chi connectivity index (χ1n) is 8.42. The third-order valence-corrected chi connectivity index (χ3v) is 5.55. The quantitative estimate of drug-likeness (QED) is 0.211. The molecule has 0 aliphatic rings. The number of aromatic nitrogens is 1. The lowest BCUT2D eigenvalue weighted by molar-refractivity contribution is 0.0957. The van der Waals surface area contributed by atoms with Crippen LogP contribution in [0.4, 0.5) is 0 Å². The molecule has 0 atom stereocenters. The van der Waals surface area contributed by atoms with Crippen molar-refractivity contribution >= 4 is 58.5 Å². The topological polar surface area (TPSA) is 78.4 Å². The summed E-state index contributed by atoms with van der Waals surface area (Å²) in [4.78, 5) is 22.5. The number of aliphatic imine (C=N–C) groups is 1. The summed E-state index contributed by atoms with van der Waals surface area (Å²) in [6.07, 6.45) is 4.72. The third kappa shape index (κ3) is 8.00. The van der Waals surface area contributed by atoms with Gasteiger partial charge >= 0.3 is 0 Å². The zero-order valence-electron chi connectivity index (χ0n) is 15.1. The smallest absolute Gasteiger partial charge is 0.261 e. The first kappa shape index (κ1) is 22.8. The molecule has 3 N–H and O–H groups in total. The second kappa shape index (κ2) is 13.0. The van der Waals surface area contributed by atoms with Crippen molar-refractivity contribution in [2.75, 3.05) is 26.7 Å². The van der Waals surface area contributed by atoms with Crippen molar-refractivity contribution < 1.29 is 4.79 Å². The van der Waals surface area contributed by atoms with E-state index in [0.717, 1.165) is 48.2 Å². The van der Waals surface area contributed by atoms with Gasteiger partial charge < -0.3 is 16.0 Å². The normalized spacial score (nSPS) is 10.9. The number of carbonyl (C=O) groups is 1. The van der Waals surface area contributed by atoms with Crippen molar-refractivity contribution in [3.8, 4) is 0 Å². The van der Waals surface area contributed by atoms with Crippen LogP contribution < -0.4 is 16.0 Å². The van der Waals surface area contributed by atoms with Crippen LogP contribution >= 0.6 is 46.7 Å². The van der Waals surface area contributed by atoms with Crippen LogP contribution in [-0.4, -0.2) is 43.5 Å². The molecule has 2 rings (SSSR count). The van der Waals surface area contributed by atoms with Crippen LogP contribution in [0.15, 0.2) is 28.7 Å². The molecular formula is C17H26IN5OS2. The maximum absolute atomic E-state index is 11.8. The predicted octanol–water partition coefficient (Wildman–Crippen LogP) is 2.91. The Morgan fingerprint density at radius 3 is 2.65 bits per heavy atom. The molecule has 0 saturated carbocycles. The van der Waals surface area contributed by atoms with Crippen molar-refractivity contribution in [1.82, 2.24) is 20.9 Å². The average Bonchev–Trinajstić information content (AvgIpc) is 3.31. The summed E-state index contributed by atoms with van der Waals surface area (Å²) in [5.41, 5.74) is 0. The molecule has 0 radical (unpaired) electrons. The van der Waals surface area contributed by atoms with Crippen molar-refractivity contribution in [1.29, 1.82) is 0 Å². The van der Waals surface area contributed by atoms with Gasteiger partial charge in [0.15, 0.2) is 5.96 Å². The van der Waals surface area contributed by atoms with Gasteiger partial charge in [0.25, 0.3) is 5.91 Å². The number of carbonyl (C=O) groups excluding carboxylic acids is 1. The van der Waals surface area contributed by atoms with Crippen LogP contribution in [0.25, 0.3) is 0 Å². The Morgan fingerprint density at radius 2 is 2.00 bits per heavy atom. The fraction of sp³-hybridized carbons (Fsp3) is 0.471. The molecule has 1 amide bonds. The van der Waals surface area contributed by atoms with Crippen LogP contribution in [-0.2, 0) is 12.8 Å². The van der Waals surface area contributed by atoms with Crippen molar-refractivity contribution in [2.45, 2.75) is 26.2 Å². The molecule has 0 aliphatic carbocycles. The van der Waals surface area contributed by atoms with Crippen LogP contribution in [0.5, 0.6) is 0 Å². The molecule has 0 unspecified atom stereocenters. The van der Waals surface area contributed by atoms with Gasteiger partial charge in [-0.1, -0.05) is 13.0 Å². The molecule has 2 aromatic rings. The molecule has 2 heterocycles. The van der Waals surface area contributed by atoms with Gasteiger partial charge in [-0.15, -0.1) is 46.7 Å². The minimum atomic E-state index is -0.00703. The van der Waals surface area contributed by atoms with Gasteiger partial charge in [0.1, 0.15) is 0 Å². The van der Waals surface area contributed by atoms with Gasteiger partial charge in [0.2, 0.25) is 0 Å². The highest BCUT2D eigenvalue weighted by atomic mass is 127. The average molecular weight is 507 g/mol. The summed E-state index contributed by atoms with van der Waals surface area (Å²) in [7, 11) is 1.76. The third-order valence-electron chi connectivity index (χ3n) is 3.48. The van der Waals surface area contributed by atoms with E-state index < -0.39 is 0 Å². The van der Waals surface area contributed by atoms with Gasteiger partial charge in [-0.25, -0.2) is 4.98 Å². The van der Waals surface area contributed by atoms with E-state index in [9.17, 15) is 4.79 Å².